The van der Waals surface area contributed by atoms with Gasteiger partial charge in [0.25, 0.3) is 0 Å². The van der Waals surface area contributed by atoms with Crippen LogP contribution >= 0.6 is 0 Å². The fraction of sp³-hybridized carbons (Fsp3) is 0.231. The van der Waals surface area contributed by atoms with Crippen LogP contribution in [0.2, 0.25) is 0 Å². The first kappa shape index (κ1) is 28.6. The maximum absolute atomic E-state index is 13.2. The molecule has 0 saturated heterocycles. The Hall–Kier alpha value is -4.59. The Labute approximate surface area is 213 Å². The van der Waals surface area contributed by atoms with Crippen LogP contribution in [0.4, 0.5) is 29.3 Å². The highest BCUT2D eigenvalue weighted by atomic mass is 19.4. The summed E-state index contributed by atoms with van der Waals surface area (Å²) in [7, 11) is 1.50. The number of carbonyl (C=O) groups excluding carboxylic acids is 1. The van der Waals surface area contributed by atoms with E-state index in [0.29, 0.717) is 17.5 Å². The largest absolute Gasteiger partial charge is 0.507 e. The van der Waals surface area contributed by atoms with Gasteiger partial charge in [0.15, 0.2) is 0 Å². The van der Waals surface area contributed by atoms with Crippen LogP contribution in [0.5, 0.6) is 5.75 Å². The van der Waals surface area contributed by atoms with Gasteiger partial charge in [-0.2, -0.15) is 18.4 Å². The zero-order valence-electron chi connectivity index (χ0n) is 20.6. The molecular weight excluding hydrogens is 485 g/mol. The minimum atomic E-state index is -4.76. The number of alkyl halides is 3. The van der Waals surface area contributed by atoms with E-state index in [1.165, 1.54) is 37.4 Å². The topological polar surface area (TPSA) is 122 Å². The van der Waals surface area contributed by atoms with E-state index in [-0.39, 0.29) is 28.5 Å². The lowest BCUT2D eigenvalue weighted by atomic mass is 10.1. The number of hydrogen-bond acceptors (Lipinski definition) is 5. The van der Waals surface area contributed by atoms with Crippen LogP contribution in [0.3, 0.4) is 0 Å². The van der Waals surface area contributed by atoms with Crippen molar-refractivity contribution in [3.63, 3.8) is 0 Å². The molecule has 2 aromatic rings. The van der Waals surface area contributed by atoms with E-state index in [0.717, 1.165) is 18.9 Å². The lowest BCUT2D eigenvalue weighted by Crippen LogP contribution is -2.24. The van der Waals surface area contributed by atoms with Crippen molar-refractivity contribution >= 4 is 29.5 Å². The molecule has 0 spiro atoms. The maximum atomic E-state index is 13.2. The summed E-state index contributed by atoms with van der Waals surface area (Å²) in [6.45, 7) is 7.78. The van der Waals surface area contributed by atoms with Crippen LogP contribution in [-0.4, -0.2) is 30.2 Å². The van der Waals surface area contributed by atoms with Gasteiger partial charge in [0.05, 0.1) is 22.8 Å². The van der Waals surface area contributed by atoms with Crippen LogP contribution in [0.15, 0.2) is 70.4 Å². The predicted molar refractivity (Wildman–Crippen MR) is 139 cm³/mol. The van der Waals surface area contributed by atoms with Gasteiger partial charge < -0.3 is 21.1 Å². The number of allylic oxidation sites excluding steroid dienone is 2. The first-order valence-corrected chi connectivity index (χ1v) is 11.1. The standard InChI is InChI=1S/C26H27F3N6O2/c1-5-6-11-32-16(2)12-17(3)33-24(31-4)21-13-19(9-10-23(21)36)34-25(37)35-20-8-7-18(15-30)22(14-20)26(27,28)29/h7-14,36H,3,5-6H2,1-2,4H3,(H,31,33)(H2,34,35,37)/b16-12+,32-11?. The molecule has 4 N–H and O–H groups in total. The number of unbranched alkanes of at least 4 members (excludes halogenated alkanes) is 1. The Morgan fingerprint density at radius 1 is 1.19 bits per heavy atom. The molecule has 0 atom stereocenters. The third-order valence-electron chi connectivity index (χ3n) is 4.81. The van der Waals surface area contributed by atoms with Gasteiger partial charge >= 0.3 is 12.2 Å². The van der Waals surface area contributed by atoms with E-state index < -0.39 is 23.3 Å². The maximum Gasteiger partial charge on any atom is 0.417 e. The summed E-state index contributed by atoms with van der Waals surface area (Å²) >= 11 is 0. The quantitative estimate of drug-likeness (QED) is 0.146. The van der Waals surface area contributed by atoms with E-state index in [4.69, 9.17) is 5.26 Å². The summed E-state index contributed by atoms with van der Waals surface area (Å²) in [5.74, 6) is 0.130. The molecule has 8 nitrogen and oxygen atoms in total. The molecule has 0 aliphatic heterocycles. The van der Waals surface area contributed by atoms with Gasteiger partial charge in [-0.3, -0.25) is 9.98 Å². The Balaban J connectivity index is 2.17. The number of amidine groups is 1. The van der Waals surface area contributed by atoms with E-state index in [1.54, 1.807) is 6.08 Å². The Morgan fingerprint density at radius 3 is 2.43 bits per heavy atom. The number of phenolic OH excluding ortho intramolecular Hbond substituents is 1. The fourth-order valence-electron chi connectivity index (χ4n) is 3.11. The summed E-state index contributed by atoms with van der Waals surface area (Å²) < 4.78 is 39.6. The number of anilines is 2. The van der Waals surface area contributed by atoms with Gasteiger partial charge in [0.2, 0.25) is 0 Å². The highest BCUT2D eigenvalue weighted by molar-refractivity contribution is 6.05. The molecule has 37 heavy (non-hydrogen) atoms. The molecule has 2 rings (SSSR count). The number of phenols is 1. The minimum absolute atomic E-state index is 0.129. The van der Waals surface area contributed by atoms with Gasteiger partial charge in [0.1, 0.15) is 11.6 Å². The molecule has 0 fully saturated rings. The van der Waals surface area contributed by atoms with E-state index in [1.807, 2.05) is 20.1 Å². The van der Waals surface area contributed by atoms with E-state index in [9.17, 15) is 23.1 Å². The average Bonchev–Trinajstić information content (AvgIpc) is 2.83. The van der Waals surface area contributed by atoms with Crippen molar-refractivity contribution in [2.24, 2.45) is 9.98 Å². The van der Waals surface area contributed by atoms with Crippen molar-refractivity contribution in [2.75, 3.05) is 17.7 Å². The van der Waals surface area contributed by atoms with Gasteiger partial charge in [-0.25, -0.2) is 4.79 Å². The summed E-state index contributed by atoms with van der Waals surface area (Å²) in [4.78, 5) is 20.9. The Kier molecular flexibility index (Phi) is 10.0. The summed E-state index contributed by atoms with van der Waals surface area (Å²) in [6, 6.07) is 7.68. The van der Waals surface area contributed by atoms with Crippen LogP contribution in [-0.2, 0) is 6.18 Å². The number of benzene rings is 2. The van der Waals surface area contributed by atoms with Gasteiger partial charge in [-0.1, -0.05) is 19.9 Å². The monoisotopic (exact) mass is 512 g/mol. The number of halogens is 3. The average molecular weight is 513 g/mol. The smallest absolute Gasteiger partial charge is 0.417 e. The number of nitriles is 1. The van der Waals surface area contributed by atoms with Gasteiger partial charge in [-0.05, 0) is 55.8 Å². The SMILES string of the molecule is C=C(/C=C(\C)N=CCCC)NC(=NC)c1cc(NC(=O)Nc2ccc(C#N)c(C(F)(F)F)c2)ccc1O. The number of nitrogens with one attached hydrogen (secondary N) is 3. The number of nitrogens with zero attached hydrogens (tertiary/aromatic N) is 3. The first-order valence-electron chi connectivity index (χ1n) is 11.1. The molecule has 0 bridgehead atoms. The number of amides is 2. The second-order valence-corrected chi connectivity index (χ2v) is 7.79. The number of hydrogen-bond donors (Lipinski definition) is 4. The summed E-state index contributed by atoms with van der Waals surface area (Å²) in [5.41, 5.74) is -0.202. The molecule has 0 unspecified atom stereocenters. The van der Waals surface area contributed by atoms with Gasteiger partial charge in [0, 0.05) is 36.0 Å². The predicted octanol–water partition coefficient (Wildman–Crippen LogP) is 6.18. The molecule has 0 saturated carbocycles. The minimum Gasteiger partial charge on any atom is -0.507 e. The van der Waals surface area contributed by atoms with Crippen LogP contribution in [0.25, 0.3) is 0 Å². The summed E-state index contributed by atoms with van der Waals surface area (Å²) in [5, 5.41) is 27.0. The molecule has 194 valence electrons. The Morgan fingerprint density at radius 2 is 1.84 bits per heavy atom. The second kappa shape index (κ2) is 12.9. The molecule has 2 amide bonds. The lowest BCUT2D eigenvalue weighted by molar-refractivity contribution is -0.137. The van der Waals surface area contributed by atoms with Crippen LogP contribution in [0, 0.1) is 11.3 Å². The van der Waals surface area contributed by atoms with Crippen molar-refractivity contribution in [1.29, 1.82) is 5.26 Å². The lowest BCUT2D eigenvalue weighted by Gasteiger charge is -2.14. The highest BCUT2D eigenvalue weighted by Gasteiger charge is 2.34. The molecule has 0 radical (unpaired) electrons. The molecule has 0 heterocycles. The molecule has 0 aliphatic rings. The van der Waals surface area contributed by atoms with E-state index in [2.05, 4.69) is 32.5 Å². The molecule has 11 heteroatoms. The number of carbonyl (C=O) groups is 1. The second-order valence-electron chi connectivity index (χ2n) is 7.79. The zero-order valence-corrected chi connectivity index (χ0v) is 20.6. The first-order chi connectivity index (χ1) is 17.5. The van der Waals surface area contributed by atoms with Crippen LogP contribution in [0.1, 0.15) is 43.4 Å². The van der Waals surface area contributed by atoms with E-state index >= 15 is 0 Å². The number of rotatable bonds is 8. The zero-order chi connectivity index (χ0) is 27.6. The number of aromatic hydroxyl groups is 1. The van der Waals surface area contributed by atoms with Crippen molar-refractivity contribution in [3.8, 4) is 11.8 Å². The third kappa shape index (κ3) is 8.54. The van der Waals surface area contributed by atoms with Crippen molar-refractivity contribution in [3.05, 3.63) is 77.1 Å². The number of urea groups is 1. The normalized spacial score (nSPS) is 12.2. The van der Waals surface area contributed by atoms with Crippen LogP contribution < -0.4 is 16.0 Å². The molecule has 0 aliphatic carbocycles. The fourth-order valence-corrected chi connectivity index (χ4v) is 3.11. The summed E-state index contributed by atoms with van der Waals surface area (Å²) in [6.07, 6.45) is 0.584. The number of aliphatic imine (C=N–C) groups is 2. The van der Waals surface area contributed by atoms with Crippen molar-refractivity contribution < 1.29 is 23.1 Å². The molecular formula is C26H27F3N6O2. The molecule has 2 aromatic carbocycles. The Bertz CT molecular complexity index is 1290. The van der Waals surface area contributed by atoms with Crippen molar-refractivity contribution in [1.82, 2.24) is 5.32 Å². The third-order valence-corrected chi connectivity index (χ3v) is 4.81. The highest BCUT2D eigenvalue weighted by Crippen LogP contribution is 2.33. The molecule has 0 aromatic heterocycles. The van der Waals surface area contributed by atoms with Gasteiger partial charge in [-0.15, -0.1) is 0 Å². The van der Waals surface area contributed by atoms with Crippen molar-refractivity contribution in [2.45, 2.75) is 32.9 Å².